The van der Waals surface area contributed by atoms with E-state index in [9.17, 15) is 31.8 Å². The summed E-state index contributed by atoms with van der Waals surface area (Å²) in [6.45, 7) is 0. The van der Waals surface area contributed by atoms with Gasteiger partial charge in [0.05, 0.1) is 7.11 Å². The van der Waals surface area contributed by atoms with Crippen LogP contribution in [0.15, 0.2) is 39.5 Å². The van der Waals surface area contributed by atoms with Gasteiger partial charge in [-0.1, -0.05) is 0 Å². The fourth-order valence-electron chi connectivity index (χ4n) is 2.62. The molecule has 0 fully saturated rings. The lowest BCUT2D eigenvalue weighted by Crippen LogP contribution is -2.16. The number of methoxy groups -OCH3 is 1. The van der Waals surface area contributed by atoms with Crippen molar-refractivity contribution in [2.24, 2.45) is 0 Å². The third-order valence-corrected chi connectivity index (χ3v) is 4.52. The maximum atomic E-state index is 12.8. The molecule has 31 heavy (non-hydrogen) atoms. The predicted molar refractivity (Wildman–Crippen MR) is 102 cm³/mol. The minimum atomic E-state index is -5.23. The zero-order valence-electron chi connectivity index (χ0n) is 15.2. The maximum Gasteiger partial charge on any atom is 0.446 e. The third-order valence-electron chi connectivity index (χ3n) is 3.74. The van der Waals surface area contributed by atoms with E-state index in [2.05, 4.69) is 8.37 Å². The van der Waals surface area contributed by atoms with E-state index in [1.807, 2.05) is 0 Å². The Bertz CT molecular complexity index is 1450. The Balaban J connectivity index is 2.40. The van der Waals surface area contributed by atoms with E-state index in [0.29, 0.717) is 6.07 Å². The molecule has 0 aliphatic carbocycles. The number of hydrogen-bond donors (Lipinski definition) is 4. The highest BCUT2D eigenvalue weighted by molar-refractivity contribution is 7.81. The molecule has 166 valence electrons. The van der Waals surface area contributed by atoms with Crippen LogP contribution in [0.1, 0.15) is 0 Å². The van der Waals surface area contributed by atoms with Crippen LogP contribution in [0, 0.1) is 0 Å². The number of aromatic hydroxyl groups is 2. The fourth-order valence-corrected chi connectivity index (χ4v) is 3.32. The monoisotopic (exact) mass is 476 g/mol. The standard InChI is InChI=1S/C16H12O13S2/c1-26-11-4-7(2-3-9(11)17)15-16(29-31(23,24)25)14(19)13-10(18)5-8(6-12(13)27-15)28-30(20,21)22/h2-6,17-18H,1H3,(H,20,21,22)(H,23,24,25). The van der Waals surface area contributed by atoms with Crippen LogP contribution < -0.4 is 18.5 Å². The number of fused-ring (bicyclic) bond motifs is 1. The Hall–Kier alpha value is -3.53. The first-order valence-electron chi connectivity index (χ1n) is 7.84. The summed E-state index contributed by atoms with van der Waals surface area (Å²) in [7, 11) is -9.01. The molecule has 0 unspecified atom stereocenters. The summed E-state index contributed by atoms with van der Waals surface area (Å²) in [5.41, 5.74) is -1.85. The molecule has 15 heteroatoms. The van der Waals surface area contributed by atoms with Crippen molar-refractivity contribution in [3.63, 3.8) is 0 Å². The summed E-state index contributed by atoms with van der Waals surface area (Å²) in [5, 5.41) is 19.2. The van der Waals surface area contributed by atoms with E-state index >= 15 is 0 Å². The van der Waals surface area contributed by atoms with Gasteiger partial charge in [-0.3, -0.25) is 13.9 Å². The molecular formula is C16H12O13S2. The second-order valence-electron chi connectivity index (χ2n) is 5.81. The van der Waals surface area contributed by atoms with Crippen molar-refractivity contribution in [1.82, 2.24) is 0 Å². The van der Waals surface area contributed by atoms with Crippen molar-refractivity contribution < 1.29 is 53.7 Å². The quantitative estimate of drug-likeness (QED) is 0.370. The second kappa shape index (κ2) is 7.62. The number of rotatable bonds is 6. The molecule has 0 aliphatic rings. The normalized spacial score (nSPS) is 12.0. The molecule has 0 bridgehead atoms. The van der Waals surface area contributed by atoms with Gasteiger partial charge in [-0.25, -0.2) is 0 Å². The summed E-state index contributed by atoms with van der Waals surface area (Å²) >= 11 is 0. The molecule has 0 radical (unpaired) electrons. The van der Waals surface area contributed by atoms with Crippen molar-refractivity contribution in [3.8, 4) is 40.1 Å². The SMILES string of the molecule is COc1cc(-c2oc3cc(OS(=O)(=O)O)cc(O)c3c(=O)c2OS(=O)(=O)O)ccc1O. The van der Waals surface area contributed by atoms with Crippen LogP contribution in [0.5, 0.6) is 28.7 Å². The first-order chi connectivity index (χ1) is 14.3. The molecule has 4 N–H and O–H groups in total. The van der Waals surface area contributed by atoms with Gasteiger partial charge < -0.3 is 27.7 Å². The van der Waals surface area contributed by atoms with Crippen LogP contribution in [0.3, 0.4) is 0 Å². The van der Waals surface area contributed by atoms with Gasteiger partial charge in [0.2, 0.25) is 11.2 Å². The average Bonchev–Trinajstić information content (AvgIpc) is 2.61. The smallest absolute Gasteiger partial charge is 0.446 e. The van der Waals surface area contributed by atoms with Crippen molar-refractivity contribution >= 4 is 31.8 Å². The topological polar surface area (TPSA) is 207 Å². The Morgan fingerprint density at radius 3 is 2.13 bits per heavy atom. The largest absolute Gasteiger partial charge is 0.507 e. The van der Waals surface area contributed by atoms with Gasteiger partial charge in [-0.15, -0.1) is 0 Å². The van der Waals surface area contributed by atoms with Gasteiger partial charge in [0, 0.05) is 17.7 Å². The summed E-state index contributed by atoms with van der Waals surface area (Å²) < 4.78 is 81.1. The third kappa shape index (κ3) is 4.80. The van der Waals surface area contributed by atoms with E-state index in [0.717, 1.165) is 18.2 Å². The Morgan fingerprint density at radius 2 is 1.55 bits per heavy atom. The van der Waals surface area contributed by atoms with Gasteiger partial charge in [-0.05, 0) is 18.2 Å². The lowest BCUT2D eigenvalue weighted by Gasteiger charge is -2.12. The molecule has 0 saturated carbocycles. The van der Waals surface area contributed by atoms with E-state index in [-0.39, 0.29) is 17.1 Å². The molecule has 1 aromatic heterocycles. The van der Waals surface area contributed by atoms with E-state index < -0.39 is 60.2 Å². The van der Waals surface area contributed by atoms with Crippen molar-refractivity contribution in [2.75, 3.05) is 7.11 Å². The molecule has 13 nitrogen and oxygen atoms in total. The lowest BCUT2D eigenvalue weighted by molar-refractivity contribution is 0.373. The van der Waals surface area contributed by atoms with E-state index in [1.165, 1.54) is 13.2 Å². The zero-order valence-corrected chi connectivity index (χ0v) is 16.8. The summed E-state index contributed by atoms with van der Waals surface area (Å²) in [6.07, 6.45) is 0. The molecule has 0 atom stereocenters. The Morgan fingerprint density at radius 1 is 0.903 bits per heavy atom. The van der Waals surface area contributed by atoms with E-state index in [1.54, 1.807) is 0 Å². The molecule has 0 saturated heterocycles. The highest BCUT2D eigenvalue weighted by Crippen LogP contribution is 2.39. The van der Waals surface area contributed by atoms with Crippen LogP contribution in [0.25, 0.3) is 22.3 Å². The molecular weight excluding hydrogens is 464 g/mol. The number of phenols is 2. The highest BCUT2D eigenvalue weighted by Gasteiger charge is 2.25. The van der Waals surface area contributed by atoms with Crippen molar-refractivity contribution in [3.05, 3.63) is 40.6 Å². The molecule has 2 aromatic carbocycles. The molecule has 3 rings (SSSR count). The summed E-state index contributed by atoms with van der Waals surface area (Å²) in [5.74, 6) is -3.64. The second-order valence-corrected chi connectivity index (χ2v) is 7.86. The first-order valence-corrected chi connectivity index (χ1v) is 10.6. The van der Waals surface area contributed by atoms with Crippen LogP contribution >= 0.6 is 0 Å². The number of phenolic OH excluding ortho intramolecular Hbond substituents is 2. The first kappa shape index (κ1) is 22.2. The average molecular weight is 476 g/mol. The molecule has 0 spiro atoms. The number of ether oxygens (including phenoxy) is 1. The molecule has 0 amide bonds. The predicted octanol–water partition coefficient (Wildman–Crippen LogP) is 1.24. The van der Waals surface area contributed by atoms with Crippen LogP contribution in [-0.4, -0.2) is 43.3 Å². The van der Waals surface area contributed by atoms with Crippen molar-refractivity contribution in [2.45, 2.75) is 0 Å². The van der Waals surface area contributed by atoms with Gasteiger partial charge in [0.25, 0.3) is 0 Å². The minimum Gasteiger partial charge on any atom is -0.507 e. The zero-order chi connectivity index (χ0) is 23.1. The maximum absolute atomic E-state index is 12.8. The molecule has 0 aliphatic heterocycles. The van der Waals surface area contributed by atoms with Gasteiger partial charge in [0.15, 0.2) is 23.0 Å². The number of hydrogen-bond acceptors (Lipinski definition) is 11. The summed E-state index contributed by atoms with van der Waals surface area (Å²) in [4.78, 5) is 12.8. The van der Waals surface area contributed by atoms with Gasteiger partial charge in [-0.2, -0.15) is 16.8 Å². The Kier molecular flexibility index (Phi) is 5.45. The molecule has 1 heterocycles. The summed E-state index contributed by atoms with van der Waals surface area (Å²) in [6, 6.07) is 4.87. The van der Waals surface area contributed by atoms with Gasteiger partial charge in [0.1, 0.15) is 16.7 Å². The fraction of sp³-hybridized carbons (Fsp3) is 0.0625. The lowest BCUT2D eigenvalue weighted by atomic mass is 10.1. The highest BCUT2D eigenvalue weighted by atomic mass is 32.3. The minimum absolute atomic E-state index is 0.0760. The Labute approximate surface area is 173 Å². The van der Waals surface area contributed by atoms with Crippen LogP contribution in [0.2, 0.25) is 0 Å². The number of benzene rings is 2. The van der Waals surface area contributed by atoms with Crippen LogP contribution in [-0.2, 0) is 20.8 Å². The van der Waals surface area contributed by atoms with Gasteiger partial charge >= 0.3 is 20.8 Å². The van der Waals surface area contributed by atoms with Crippen molar-refractivity contribution in [1.29, 1.82) is 0 Å². The van der Waals surface area contributed by atoms with E-state index in [4.69, 9.17) is 18.3 Å². The van der Waals surface area contributed by atoms with Crippen LogP contribution in [0.4, 0.5) is 0 Å². The molecule has 3 aromatic rings.